The number of halogens is 2. The van der Waals surface area contributed by atoms with Gasteiger partial charge in [0.05, 0.1) is 6.04 Å². The third kappa shape index (κ3) is 7.84. The van der Waals surface area contributed by atoms with E-state index in [2.05, 4.69) is 32.9 Å². The second-order valence-corrected chi connectivity index (χ2v) is 9.29. The molecule has 1 aromatic heterocycles. The molecule has 0 radical (unpaired) electrons. The van der Waals surface area contributed by atoms with Crippen LogP contribution in [0.25, 0.3) is 0 Å². The third-order valence-electron chi connectivity index (χ3n) is 4.96. The Bertz CT molecular complexity index is 1060. The van der Waals surface area contributed by atoms with E-state index in [1.54, 1.807) is 18.2 Å². The van der Waals surface area contributed by atoms with E-state index in [9.17, 15) is 9.59 Å². The quantitative estimate of drug-likeness (QED) is 0.369. The summed E-state index contributed by atoms with van der Waals surface area (Å²) in [5, 5.41) is 15.8. The Hall–Kier alpha value is -2.42. The topological polar surface area (TPSA) is 89.8 Å². The van der Waals surface area contributed by atoms with Crippen LogP contribution >= 0.6 is 35.0 Å². The van der Waals surface area contributed by atoms with E-state index in [1.165, 1.54) is 22.1 Å². The fourth-order valence-electron chi connectivity index (χ4n) is 3.20. The molecule has 1 heterocycles. The van der Waals surface area contributed by atoms with Gasteiger partial charge < -0.3 is 5.32 Å². The summed E-state index contributed by atoms with van der Waals surface area (Å²) in [7, 11) is 0. The van der Waals surface area contributed by atoms with Gasteiger partial charge in [0, 0.05) is 22.2 Å². The average Bonchev–Trinajstić information content (AvgIpc) is 3.25. The number of aryl methyl sites for hydroxylation is 1. The maximum atomic E-state index is 12.7. The van der Waals surface area contributed by atoms with Crippen molar-refractivity contribution in [1.29, 1.82) is 0 Å². The number of hydrogen-bond acceptors (Lipinski definition) is 6. The number of carbonyl (C=O) groups excluding carboxylic acids is 2. The summed E-state index contributed by atoms with van der Waals surface area (Å²) >= 11 is 13.6. The zero-order chi connectivity index (χ0) is 23.6. The average molecular weight is 506 g/mol. The number of tetrazole rings is 1. The molecule has 0 spiro atoms. The molecule has 174 valence electrons. The summed E-state index contributed by atoms with van der Waals surface area (Å²) < 4.78 is 0. The predicted molar refractivity (Wildman–Crippen MR) is 132 cm³/mol. The Balaban J connectivity index is 1.46. The number of thioether (sulfide) groups is 1. The maximum Gasteiger partial charge on any atom is 0.279 e. The van der Waals surface area contributed by atoms with E-state index in [1.807, 2.05) is 25.1 Å². The third-order valence-corrected chi connectivity index (χ3v) is 6.54. The summed E-state index contributed by atoms with van der Waals surface area (Å²) in [6.07, 6.45) is 2.58. The van der Waals surface area contributed by atoms with E-state index in [-0.39, 0.29) is 17.6 Å². The summed E-state index contributed by atoms with van der Waals surface area (Å²) in [6, 6.07) is 14.8. The van der Waals surface area contributed by atoms with Crippen LogP contribution in [0.1, 0.15) is 36.7 Å². The first kappa shape index (κ1) is 25.2. The fourth-order valence-corrected chi connectivity index (χ4v) is 4.43. The minimum Gasteiger partial charge on any atom is -0.337 e. The number of carbonyl (C=O) groups is 2. The van der Waals surface area contributed by atoms with Gasteiger partial charge in [0.25, 0.3) is 5.24 Å². The van der Waals surface area contributed by atoms with Crippen LogP contribution in [0.2, 0.25) is 10.0 Å². The summed E-state index contributed by atoms with van der Waals surface area (Å²) in [5.41, 5.74) is 1.95. The number of aromatic nitrogens is 4. The molecule has 1 unspecified atom stereocenters. The molecular weight excluding hydrogens is 481 g/mol. The maximum absolute atomic E-state index is 12.7. The number of nitrogens with zero attached hydrogens (tertiary/aromatic N) is 4. The smallest absolute Gasteiger partial charge is 0.279 e. The highest BCUT2D eigenvalue weighted by atomic mass is 35.5. The van der Waals surface area contributed by atoms with Crippen molar-refractivity contribution in [3.05, 3.63) is 75.5 Å². The van der Waals surface area contributed by atoms with E-state index < -0.39 is 6.04 Å². The molecule has 10 heteroatoms. The minimum absolute atomic E-state index is 0.0826. The van der Waals surface area contributed by atoms with Crippen LogP contribution in [-0.2, 0) is 24.2 Å². The van der Waals surface area contributed by atoms with Gasteiger partial charge in [-0.3, -0.25) is 9.59 Å². The number of rotatable bonds is 11. The first-order chi connectivity index (χ1) is 16.0. The number of benzene rings is 2. The first-order valence-corrected chi connectivity index (χ1v) is 12.4. The number of amides is 1. The Labute approximate surface area is 207 Å². The predicted octanol–water partition coefficient (Wildman–Crippen LogP) is 4.99. The van der Waals surface area contributed by atoms with Crippen molar-refractivity contribution in [3.63, 3.8) is 0 Å². The monoisotopic (exact) mass is 505 g/mol. The molecule has 2 aromatic carbocycles. The van der Waals surface area contributed by atoms with Crippen molar-refractivity contribution in [2.45, 2.75) is 45.2 Å². The lowest BCUT2D eigenvalue weighted by atomic mass is 10.1. The molecule has 1 atom stereocenters. The first-order valence-electron chi connectivity index (χ1n) is 10.7. The van der Waals surface area contributed by atoms with Gasteiger partial charge >= 0.3 is 0 Å². The van der Waals surface area contributed by atoms with Gasteiger partial charge in [0.1, 0.15) is 6.54 Å². The molecular formula is C23H25Cl2N5O2S. The number of Topliss-reactive ketones (excluding diaryl/α,β-unsaturated/α-hetero) is 1. The highest BCUT2D eigenvalue weighted by Gasteiger charge is 2.21. The lowest BCUT2D eigenvalue weighted by molar-refractivity contribution is -0.121. The summed E-state index contributed by atoms with van der Waals surface area (Å²) in [4.78, 5) is 26.2. The zero-order valence-corrected chi connectivity index (χ0v) is 20.5. The summed E-state index contributed by atoms with van der Waals surface area (Å²) in [5.74, 6) is 0.906. The molecule has 1 N–H and O–H groups in total. The summed E-state index contributed by atoms with van der Waals surface area (Å²) in [6.45, 7) is 1.77. The minimum atomic E-state index is -0.605. The molecule has 0 fully saturated rings. The molecule has 3 aromatic rings. The highest BCUT2D eigenvalue weighted by Crippen LogP contribution is 2.25. The van der Waals surface area contributed by atoms with Gasteiger partial charge in [0.15, 0.2) is 11.6 Å². The van der Waals surface area contributed by atoms with E-state index in [4.69, 9.17) is 23.2 Å². The van der Waals surface area contributed by atoms with Crippen molar-refractivity contribution in [2.24, 2.45) is 0 Å². The second kappa shape index (κ2) is 12.7. The molecule has 1 amide bonds. The van der Waals surface area contributed by atoms with Gasteiger partial charge in [-0.05, 0) is 47.7 Å². The molecule has 0 aliphatic carbocycles. The zero-order valence-electron chi connectivity index (χ0n) is 18.2. The van der Waals surface area contributed by atoms with Crippen LogP contribution in [0.5, 0.6) is 0 Å². The number of ketones is 1. The van der Waals surface area contributed by atoms with Crippen LogP contribution in [-0.4, -0.2) is 43.0 Å². The molecule has 7 nitrogen and oxygen atoms in total. The standard InChI is InChI=1S/C23H25Cl2N5O2S/c1-2-20(26-23(32)33-13-7-10-16-8-4-3-5-9-16)21(31)15-30-28-22(27-29-30)14-17-18(24)11-6-12-19(17)25/h3-6,8-9,11-12,20H,2,7,10,13-15H2,1H3,(H,26,32). The van der Waals surface area contributed by atoms with Gasteiger partial charge in [-0.25, -0.2) is 0 Å². The van der Waals surface area contributed by atoms with Crippen molar-refractivity contribution < 1.29 is 9.59 Å². The lowest BCUT2D eigenvalue weighted by Gasteiger charge is -2.15. The lowest BCUT2D eigenvalue weighted by Crippen LogP contribution is -2.40. The largest absolute Gasteiger partial charge is 0.337 e. The molecule has 33 heavy (non-hydrogen) atoms. The van der Waals surface area contributed by atoms with Crippen molar-refractivity contribution in [1.82, 2.24) is 25.5 Å². The highest BCUT2D eigenvalue weighted by molar-refractivity contribution is 8.13. The van der Waals surface area contributed by atoms with E-state index >= 15 is 0 Å². The van der Waals surface area contributed by atoms with Gasteiger partial charge in [-0.15, -0.1) is 10.2 Å². The van der Waals surface area contributed by atoms with Crippen LogP contribution in [0.15, 0.2) is 48.5 Å². The Morgan fingerprint density at radius 2 is 1.82 bits per heavy atom. The van der Waals surface area contributed by atoms with Crippen molar-refractivity contribution in [2.75, 3.05) is 5.75 Å². The van der Waals surface area contributed by atoms with Gasteiger partial charge in [-0.2, -0.15) is 4.80 Å². The van der Waals surface area contributed by atoms with Crippen LogP contribution in [0.4, 0.5) is 4.79 Å². The van der Waals surface area contributed by atoms with Gasteiger partial charge in [0.2, 0.25) is 0 Å². The van der Waals surface area contributed by atoms with Gasteiger partial charge in [-0.1, -0.05) is 78.3 Å². The van der Waals surface area contributed by atoms with E-state index in [0.29, 0.717) is 40.0 Å². The van der Waals surface area contributed by atoms with Crippen molar-refractivity contribution in [3.8, 4) is 0 Å². The SMILES string of the molecule is CCC(NC(=O)SCCCc1ccccc1)C(=O)Cn1nnc(Cc2c(Cl)cccc2Cl)n1. The molecule has 0 aliphatic rings. The fraction of sp³-hybridized carbons (Fsp3) is 0.348. The van der Waals surface area contributed by atoms with Crippen LogP contribution in [0.3, 0.4) is 0 Å². The van der Waals surface area contributed by atoms with E-state index in [0.717, 1.165) is 12.8 Å². The Morgan fingerprint density at radius 3 is 2.52 bits per heavy atom. The number of hydrogen-bond donors (Lipinski definition) is 1. The molecule has 0 saturated carbocycles. The van der Waals surface area contributed by atoms with Crippen LogP contribution < -0.4 is 5.32 Å². The number of nitrogens with one attached hydrogen (secondary N) is 1. The van der Waals surface area contributed by atoms with Crippen LogP contribution in [0, 0.1) is 0 Å². The Morgan fingerprint density at radius 1 is 1.09 bits per heavy atom. The second-order valence-electron chi connectivity index (χ2n) is 7.41. The van der Waals surface area contributed by atoms with Crippen molar-refractivity contribution >= 4 is 46.0 Å². The molecule has 3 rings (SSSR count). The normalized spacial score (nSPS) is 11.8. The molecule has 0 aliphatic heterocycles. The Kier molecular flexibility index (Phi) is 9.72. The molecule has 0 saturated heterocycles. The molecule has 0 bridgehead atoms.